The Balaban J connectivity index is 1.59. The Morgan fingerprint density at radius 1 is 1.17 bits per heavy atom. The number of anilines is 1. The number of hydrazone groups is 1. The molecule has 1 heterocycles. The molecule has 1 aromatic heterocycles. The van der Waals surface area contributed by atoms with Crippen molar-refractivity contribution in [2.45, 2.75) is 13.8 Å². The molecule has 0 unspecified atom stereocenters. The maximum Gasteiger partial charge on any atom is 0.269 e. The molecule has 2 aromatic carbocycles. The fourth-order valence-corrected chi connectivity index (χ4v) is 2.87. The van der Waals surface area contributed by atoms with Crippen LogP contribution in [0.25, 0.3) is 5.69 Å². The number of nitrogens with one attached hydrogen (secondary N) is 2. The van der Waals surface area contributed by atoms with Crippen LogP contribution in [-0.2, 0) is 4.79 Å². The first-order chi connectivity index (χ1) is 13.9. The van der Waals surface area contributed by atoms with Crippen LogP contribution in [0.3, 0.4) is 0 Å². The molecule has 0 fully saturated rings. The number of benzene rings is 2. The first kappa shape index (κ1) is 19.8. The standard InChI is InChI=1S/C21H21N5O3/c1-15-5-10-20(16(2)12-15)22-14-21(27)24-23-13-19-4-3-11-25(19)17-6-8-18(9-7-17)26(28)29/h3-13,22H,14H2,1-2H3,(H,24,27)/b23-13-. The van der Waals surface area contributed by atoms with E-state index in [0.29, 0.717) is 0 Å². The van der Waals surface area contributed by atoms with Gasteiger partial charge in [0.25, 0.3) is 11.6 Å². The van der Waals surface area contributed by atoms with Crippen molar-refractivity contribution in [2.24, 2.45) is 5.10 Å². The highest BCUT2D eigenvalue weighted by Crippen LogP contribution is 2.17. The Morgan fingerprint density at radius 2 is 1.93 bits per heavy atom. The van der Waals surface area contributed by atoms with Gasteiger partial charge in [-0.25, -0.2) is 5.43 Å². The highest BCUT2D eigenvalue weighted by Gasteiger charge is 2.07. The number of nitro benzene ring substituents is 1. The largest absolute Gasteiger partial charge is 0.376 e. The van der Waals surface area contributed by atoms with Gasteiger partial charge in [0, 0.05) is 29.7 Å². The lowest BCUT2D eigenvalue weighted by molar-refractivity contribution is -0.384. The minimum Gasteiger partial charge on any atom is -0.376 e. The average Bonchev–Trinajstić information content (AvgIpc) is 3.16. The van der Waals surface area contributed by atoms with E-state index in [-0.39, 0.29) is 18.1 Å². The summed E-state index contributed by atoms with van der Waals surface area (Å²) in [7, 11) is 0. The molecule has 3 rings (SSSR count). The zero-order valence-corrected chi connectivity index (χ0v) is 16.1. The Morgan fingerprint density at radius 3 is 2.62 bits per heavy atom. The van der Waals surface area contributed by atoms with Crippen LogP contribution in [0.15, 0.2) is 65.9 Å². The minimum atomic E-state index is -0.441. The molecule has 0 saturated carbocycles. The Bertz CT molecular complexity index is 1050. The normalized spacial score (nSPS) is 10.8. The maximum atomic E-state index is 12.0. The smallest absolute Gasteiger partial charge is 0.269 e. The first-order valence-corrected chi connectivity index (χ1v) is 8.99. The zero-order valence-electron chi connectivity index (χ0n) is 16.1. The predicted molar refractivity (Wildman–Crippen MR) is 113 cm³/mol. The second-order valence-corrected chi connectivity index (χ2v) is 6.54. The molecule has 0 bridgehead atoms. The van der Waals surface area contributed by atoms with Gasteiger partial charge in [-0.05, 0) is 49.7 Å². The summed E-state index contributed by atoms with van der Waals surface area (Å²) >= 11 is 0. The quantitative estimate of drug-likeness (QED) is 0.365. The van der Waals surface area contributed by atoms with Gasteiger partial charge in [0.15, 0.2) is 0 Å². The lowest BCUT2D eigenvalue weighted by Gasteiger charge is -2.09. The Kier molecular flexibility index (Phi) is 6.03. The molecule has 0 atom stereocenters. The summed E-state index contributed by atoms with van der Waals surface area (Å²) in [5.74, 6) is -0.269. The van der Waals surface area contributed by atoms with E-state index < -0.39 is 4.92 Å². The highest BCUT2D eigenvalue weighted by molar-refractivity contribution is 5.84. The Labute approximate surface area is 168 Å². The van der Waals surface area contributed by atoms with Gasteiger partial charge in [-0.2, -0.15) is 5.10 Å². The molecular formula is C21H21N5O3. The van der Waals surface area contributed by atoms with Crippen LogP contribution in [0.2, 0.25) is 0 Å². The van der Waals surface area contributed by atoms with Gasteiger partial charge in [-0.1, -0.05) is 17.7 Å². The van der Waals surface area contributed by atoms with Crippen molar-refractivity contribution < 1.29 is 9.72 Å². The van der Waals surface area contributed by atoms with Crippen molar-refractivity contribution in [1.82, 2.24) is 9.99 Å². The number of hydrogen-bond acceptors (Lipinski definition) is 5. The van der Waals surface area contributed by atoms with Crippen LogP contribution in [-0.4, -0.2) is 28.2 Å². The van der Waals surface area contributed by atoms with Gasteiger partial charge in [0.2, 0.25) is 0 Å². The number of nitrogens with zero attached hydrogens (tertiary/aromatic N) is 3. The second kappa shape index (κ2) is 8.83. The van der Waals surface area contributed by atoms with Crippen molar-refractivity contribution >= 4 is 23.5 Å². The number of hydrogen-bond donors (Lipinski definition) is 2. The maximum absolute atomic E-state index is 12.0. The van der Waals surface area contributed by atoms with E-state index in [0.717, 1.165) is 28.2 Å². The van der Waals surface area contributed by atoms with Crippen molar-refractivity contribution in [3.8, 4) is 5.69 Å². The van der Waals surface area contributed by atoms with Crippen LogP contribution >= 0.6 is 0 Å². The number of rotatable bonds is 7. The van der Waals surface area contributed by atoms with Crippen molar-refractivity contribution in [2.75, 3.05) is 11.9 Å². The van der Waals surface area contributed by atoms with Gasteiger partial charge in [0.05, 0.1) is 23.4 Å². The van der Waals surface area contributed by atoms with E-state index in [9.17, 15) is 14.9 Å². The third-order valence-electron chi connectivity index (χ3n) is 4.33. The summed E-state index contributed by atoms with van der Waals surface area (Å²) in [4.78, 5) is 22.4. The lowest BCUT2D eigenvalue weighted by atomic mass is 10.1. The van der Waals surface area contributed by atoms with Crippen LogP contribution in [0.1, 0.15) is 16.8 Å². The highest BCUT2D eigenvalue weighted by atomic mass is 16.6. The summed E-state index contributed by atoms with van der Waals surface area (Å²) in [6.45, 7) is 4.10. The van der Waals surface area contributed by atoms with Gasteiger partial charge in [0.1, 0.15) is 0 Å². The van der Waals surface area contributed by atoms with Crippen LogP contribution in [0.4, 0.5) is 11.4 Å². The molecule has 0 spiro atoms. The molecular weight excluding hydrogens is 370 g/mol. The summed E-state index contributed by atoms with van der Waals surface area (Å²) in [5.41, 5.74) is 7.14. The van der Waals surface area contributed by atoms with Gasteiger partial charge < -0.3 is 9.88 Å². The average molecular weight is 391 g/mol. The summed E-state index contributed by atoms with van der Waals surface area (Å²) < 4.78 is 1.81. The van der Waals surface area contributed by atoms with Crippen LogP contribution in [0, 0.1) is 24.0 Å². The van der Waals surface area contributed by atoms with Gasteiger partial charge in [-0.15, -0.1) is 0 Å². The number of carbonyl (C=O) groups is 1. The molecule has 8 nitrogen and oxygen atoms in total. The molecule has 29 heavy (non-hydrogen) atoms. The first-order valence-electron chi connectivity index (χ1n) is 8.99. The molecule has 0 saturated heterocycles. The molecule has 8 heteroatoms. The van der Waals surface area contributed by atoms with E-state index in [2.05, 4.69) is 15.8 Å². The molecule has 1 amide bonds. The van der Waals surface area contributed by atoms with E-state index in [1.54, 1.807) is 12.1 Å². The number of non-ortho nitro benzene ring substituents is 1. The third kappa shape index (κ3) is 5.07. The zero-order chi connectivity index (χ0) is 20.8. The molecule has 0 aliphatic heterocycles. The SMILES string of the molecule is Cc1ccc(NCC(=O)N/N=C\c2cccn2-c2ccc([N+](=O)[O-])cc2)c(C)c1. The van der Waals surface area contributed by atoms with Crippen LogP contribution in [0.5, 0.6) is 0 Å². The number of aryl methyl sites for hydroxylation is 2. The predicted octanol–water partition coefficient (Wildman–Crippen LogP) is 3.56. The number of aromatic nitrogens is 1. The van der Waals surface area contributed by atoms with E-state index >= 15 is 0 Å². The van der Waals surface area contributed by atoms with Crippen molar-refractivity contribution in [3.05, 3.63) is 87.7 Å². The lowest BCUT2D eigenvalue weighted by Crippen LogP contribution is -2.26. The van der Waals surface area contributed by atoms with Crippen LogP contribution < -0.4 is 10.7 Å². The Hall–Kier alpha value is -3.94. The molecule has 0 radical (unpaired) electrons. The van der Waals surface area contributed by atoms with E-state index in [1.165, 1.54) is 18.3 Å². The molecule has 148 valence electrons. The number of amides is 1. The van der Waals surface area contributed by atoms with Gasteiger partial charge in [-0.3, -0.25) is 14.9 Å². The second-order valence-electron chi connectivity index (χ2n) is 6.54. The molecule has 2 N–H and O–H groups in total. The van der Waals surface area contributed by atoms with Crippen molar-refractivity contribution in [1.29, 1.82) is 0 Å². The number of carbonyl (C=O) groups excluding carboxylic acids is 1. The summed E-state index contributed by atoms with van der Waals surface area (Å²) in [5, 5.41) is 17.9. The fraction of sp³-hybridized carbons (Fsp3) is 0.143. The summed E-state index contributed by atoms with van der Waals surface area (Å²) in [6, 6.07) is 15.8. The molecule has 0 aliphatic carbocycles. The summed E-state index contributed by atoms with van der Waals surface area (Å²) in [6.07, 6.45) is 3.34. The molecule has 0 aliphatic rings. The van der Waals surface area contributed by atoms with E-state index in [1.807, 2.05) is 54.9 Å². The van der Waals surface area contributed by atoms with Crippen molar-refractivity contribution in [3.63, 3.8) is 0 Å². The fourth-order valence-electron chi connectivity index (χ4n) is 2.87. The molecule has 3 aromatic rings. The monoisotopic (exact) mass is 391 g/mol. The number of nitro groups is 1. The third-order valence-corrected chi connectivity index (χ3v) is 4.33. The van der Waals surface area contributed by atoms with E-state index in [4.69, 9.17) is 0 Å². The topological polar surface area (TPSA) is 102 Å². The van der Waals surface area contributed by atoms with Gasteiger partial charge >= 0.3 is 0 Å². The minimum absolute atomic E-state index is 0.0275.